The lowest BCUT2D eigenvalue weighted by atomic mass is 10.2. The van der Waals surface area contributed by atoms with Crippen LogP contribution in [0.3, 0.4) is 0 Å². The van der Waals surface area contributed by atoms with Gasteiger partial charge in [0.2, 0.25) is 0 Å². The van der Waals surface area contributed by atoms with Gasteiger partial charge in [0.05, 0.1) is 19.6 Å². The molecule has 2 fully saturated rings. The first-order valence-corrected chi connectivity index (χ1v) is 6.08. The lowest BCUT2D eigenvalue weighted by molar-refractivity contribution is -0.172. The summed E-state index contributed by atoms with van der Waals surface area (Å²) in [7, 11) is 0. The van der Waals surface area contributed by atoms with Crippen LogP contribution < -0.4 is 5.32 Å². The third-order valence-electron chi connectivity index (χ3n) is 2.32. The molecule has 2 heterocycles. The topological polar surface area (TPSA) is 47.6 Å². The molecule has 0 bridgehead atoms. The molecule has 2 rings (SSSR count). The highest BCUT2D eigenvalue weighted by Gasteiger charge is 2.24. The van der Waals surface area contributed by atoms with Gasteiger partial charge in [-0.2, -0.15) is 11.8 Å². The highest BCUT2D eigenvalue weighted by atomic mass is 32.2. The smallest absolute Gasteiger partial charge is 0.307 e. The fourth-order valence-corrected chi connectivity index (χ4v) is 2.42. The van der Waals surface area contributed by atoms with Gasteiger partial charge >= 0.3 is 5.97 Å². The van der Waals surface area contributed by atoms with Crippen molar-refractivity contribution in [1.29, 1.82) is 0 Å². The second-order valence-electron chi connectivity index (χ2n) is 3.58. The largest absolute Gasteiger partial charge is 0.457 e. The van der Waals surface area contributed by atoms with E-state index < -0.39 is 0 Å². The second kappa shape index (κ2) is 5.00. The Balaban J connectivity index is 1.64. The van der Waals surface area contributed by atoms with E-state index in [1.54, 1.807) is 0 Å². The standard InChI is InChI=1S/C9H15NO3S/c11-9(13-8-4-12-5-8)3-7-6-14-2-1-10-7/h7-8,10H,1-6H2. The van der Waals surface area contributed by atoms with Gasteiger partial charge in [-0.3, -0.25) is 4.79 Å². The molecular formula is C9H15NO3S. The summed E-state index contributed by atoms with van der Waals surface area (Å²) in [5.41, 5.74) is 0. The van der Waals surface area contributed by atoms with Gasteiger partial charge in [-0.1, -0.05) is 0 Å². The Labute approximate surface area is 87.7 Å². The number of hydrogen-bond acceptors (Lipinski definition) is 5. The molecule has 1 atom stereocenters. The van der Waals surface area contributed by atoms with Crippen LogP contribution in [-0.2, 0) is 14.3 Å². The normalized spacial score (nSPS) is 28.1. The van der Waals surface area contributed by atoms with Crippen molar-refractivity contribution in [1.82, 2.24) is 5.32 Å². The molecule has 0 amide bonds. The SMILES string of the molecule is O=C(CC1CSCCN1)OC1COC1. The Morgan fingerprint density at radius 1 is 1.57 bits per heavy atom. The zero-order valence-electron chi connectivity index (χ0n) is 8.03. The number of ether oxygens (including phenoxy) is 2. The van der Waals surface area contributed by atoms with Gasteiger partial charge in [0.25, 0.3) is 0 Å². The first-order valence-electron chi connectivity index (χ1n) is 4.93. The number of nitrogens with one attached hydrogen (secondary N) is 1. The predicted molar refractivity (Wildman–Crippen MR) is 54.4 cm³/mol. The van der Waals surface area contributed by atoms with E-state index in [1.807, 2.05) is 11.8 Å². The molecule has 0 aromatic rings. The number of carbonyl (C=O) groups excluding carboxylic acids is 1. The van der Waals surface area contributed by atoms with Gasteiger partial charge in [-0.15, -0.1) is 0 Å². The summed E-state index contributed by atoms with van der Waals surface area (Å²) in [6.45, 7) is 2.13. The molecule has 0 spiro atoms. The van der Waals surface area contributed by atoms with E-state index in [0.717, 1.165) is 18.1 Å². The van der Waals surface area contributed by atoms with E-state index in [0.29, 0.717) is 25.7 Å². The average molecular weight is 217 g/mol. The van der Waals surface area contributed by atoms with Crippen LogP contribution in [0.5, 0.6) is 0 Å². The molecule has 0 aromatic heterocycles. The number of carbonyl (C=O) groups is 1. The Kier molecular flexibility index (Phi) is 3.67. The third kappa shape index (κ3) is 2.87. The van der Waals surface area contributed by atoms with E-state index >= 15 is 0 Å². The first kappa shape index (κ1) is 10.3. The maximum Gasteiger partial charge on any atom is 0.307 e. The van der Waals surface area contributed by atoms with E-state index in [-0.39, 0.29) is 12.1 Å². The van der Waals surface area contributed by atoms with Crippen molar-refractivity contribution >= 4 is 17.7 Å². The van der Waals surface area contributed by atoms with Crippen LogP contribution in [0.15, 0.2) is 0 Å². The van der Waals surface area contributed by atoms with Crippen LogP contribution in [0.4, 0.5) is 0 Å². The number of rotatable bonds is 3. The summed E-state index contributed by atoms with van der Waals surface area (Å²) in [5.74, 6) is 2.05. The number of thioether (sulfide) groups is 1. The molecule has 2 saturated heterocycles. The zero-order chi connectivity index (χ0) is 9.80. The quantitative estimate of drug-likeness (QED) is 0.676. The molecule has 0 aliphatic carbocycles. The number of hydrogen-bond donors (Lipinski definition) is 1. The summed E-state index contributed by atoms with van der Waals surface area (Å²) in [6.07, 6.45) is 0.502. The fraction of sp³-hybridized carbons (Fsp3) is 0.889. The van der Waals surface area contributed by atoms with Crippen molar-refractivity contribution in [3.8, 4) is 0 Å². The Hall–Kier alpha value is -0.260. The lowest BCUT2D eigenvalue weighted by Crippen LogP contribution is -2.42. The predicted octanol–water partition coefficient (Wildman–Crippen LogP) is 0.0235. The van der Waals surface area contributed by atoms with Crippen molar-refractivity contribution in [2.75, 3.05) is 31.3 Å². The van der Waals surface area contributed by atoms with Crippen LogP contribution >= 0.6 is 11.8 Å². The van der Waals surface area contributed by atoms with E-state index in [9.17, 15) is 4.79 Å². The molecule has 0 aromatic carbocycles. The van der Waals surface area contributed by atoms with Gasteiger partial charge in [0, 0.05) is 24.1 Å². The lowest BCUT2D eigenvalue weighted by Gasteiger charge is -2.27. The minimum atomic E-state index is -0.0988. The van der Waals surface area contributed by atoms with Crippen LogP contribution in [0.25, 0.3) is 0 Å². The van der Waals surface area contributed by atoms with Gasteiger partial charge in [0.1, 0.15) is 6.10 Å². The Morgan fingerprint density at radius 2 is 2.43 bits per heavy atom. The van der Waals surface area contributed by atoms with Crippen molar-refractivity contribution < 1.29 is 14.3 Å². The van der Waals surface area contributed by atoms with E-state index in [1.165, 1.54) is 0 Å². The van der Waals surface area contributed by atoms with Crippen LogP contribution in [0.1, 0.15) is 6.42 Å². The fourth-order valence-electron chi connectivity index (χ4n) is 1.47. The zero-order valence-corrected chi connectivity index (χ0v) is 8.85. The molecular weight excluding hydrogens is 202 g/mol. The molecule has 2 aliphatic rings. The third-order valence-corrected chi connectivity index (χ3v) is 3.45. The molecule has 2 aliphatic heterocycles. The van der Waals surface area contributed by atoms with E-state index in [2.05, 4.69) is 5.32 Å². The summed E-state index contributed by atoms with van der Waals surface area (Å²) in [4.78, 5) is 11.4. The van der Waals surface area contributed by atoms with Crippen LogP contribution in [0, 0.1) is 0 Å². The van der Waals surface area contributed by atoms with Crippen LogP contribution in [-0.4, -0.2) is 49.4 Å². The summed E-state index contributed by atoms with van der Waals surface area (Å²) >= 11 is 1.89. The van der Waals surface area contributed by atoms with Crippen molar-refractivity contribution in [3.05, 3.63) is 0 Å². The van der Waals surface area contributed by atoms with Gasteiger partial charge in [-0.05, 0) is 0 Å². The molecule has 14 heavy (non-hydrogen) atoms. The minimum absolute atomic E-state index is 0.0127. The molecule has 4 nitrogen and oxygen atoms in total. The molecule has 1 unspecified atom stereocenters. The average Bonchev–Trinajstić information content (AvgIpc) is 2.13. The highest BCUT2D eigenvalue weighted by molar-refractivity contribution is 7.99. The highest BCUT2D eigenvalue weighted by Crippen LogP contribution is 2.12. The summed E-state index contributed by atoms with van der Waals surface area (Å²) in [6, 6.07) is 0.294. The monoisotopic (exact) mass is 217 g/mol. The first-order chi connectivity index (χ1) is 6.84. The van der Waals surface area contributed by atoms with Crippen LogP contribution in [0.2, 0.25) is 0 Å². The van der Waals surface area contributed by atoms with Crippen molar-refractivity contribution in [2.45, 2.75) is 18.6 Å². The van der Waals surface area contributed by atoms with E-state index in [4.69, 9.17) is 9.47 Å². The molecule has 80 valence electrons. The maximum absolute atomic E-state index is 11.4. The van der Waals surface area contributed by atoms with Gasteiger partial charge < -0.3 is 14.8 Å². The molecule has 5 heteroatoms. The summed E-state index contributed by atoms with van der Waals surface area (Å²) in [5, 5.41) is 3.31. The van der Waals surface area contributed by atoms with Crippen molar-refractivity contribution in [3.63, 3.8) is 0 Å². The number of esters is 1. The molecule has 0 radical (unpaired) electrons. The summed E-state index contributed by atoms with van der Waals surface area (Å²) < 4.78 is 10.1. The molecule has 0 saturated carbocycles. The maximum atomic E-state index is 11.4. The Morgan fingerprint density at radius 3 is 3.00 bits per heavy atom. The Bertz CT molecular complexity index is 202. The van der Waals surface area contributed by atoms with Gasteiger partial charge in [-0.25, -0.2) is 0 Å². The van der Waals surface area contributed by atoms with Crippen molar-refractivity contribution in [2.24, 2.45) is 0 Å². The second-order valence-corrected chi connectivity index (χ2v) is 4.73. The molecule has 1 N–H and O–H groups in total. The minimum Gasteiger partial charge on any atom is -0.457 e. The van der Waals surface area contributed by atoms with Gasteiger partial charge in [0.15, 0.2) is 0 Å².